The smallest absolute Gasteiger partial charge is 0.157 e. The van der Waals surface area contributed by atoms with Gasteiger partial charge >= 0.3 is 0 Å². The van der Waals surface area contributed by atoms with Crippen molar-refractivity contribution < 1.29 is 0 Å². The topological polar surface area (TPSA) is 27.6 Å². The van der Waals surface area contributed by atoms with Crippen LogP contribution in [0.25, 0.3) is 0 Å². The van der Waals surface area contributed by atoms with Crippen molar-refractivity contribution in [3.63, 3.8) is 0 Å². The molecule has 2 rings (SSSR count). The van der Waals surface area contributed by atoms with Crippen LogP contribution in [-0.2, 0) is 0 Å². The third-order valence-electron chi connectivity index (χ3n) is 3.67. The van der Waals surface area contributed by atoms with Gasteiger partial charge in [0.1, 0.15) is 0 Å². The standard InChI is InChI=1S/C12H23N3S/c1-9-8-16-12(13-10(9)2)14-11-4-6-15(3)7-5-11/h9-11H,4-8H2,1-3H3,(H,13,14). The van der Waals surface area contributed by atoms with Gasteiger partial charge in [-0.3, -0.25) is 4.99 Å². The molecule has 4 heteroatoms. The van der Waals surface area contributed by atoms with Crippen LogP contribution in [0.3, 0.4) is 0 Å². The van der Waals surface area contributed by atoms with E-state index in [0.29, 0.717) is 18.0 Å². The first-order valence-corrected chi connectivity index (χ1v) is 7.29. The number of likely N-dealkylation sites (tertiary alicyclic amines) is 1. The van der Waals surface area contributed by atoms with Gasteiger partial charge in [-0.15, -0.1) is 0 Å². The van der Waals surface area contributed by atoms with Crippen molar-refractivity contribution in [1.82, 2.24) is 10.2 Å². The number of nitrogens with zero attached hydrogens (tertiary/aromatic N) is 2. The number of thioether (sulfide) groups is 1. The average molecular weight is 241 g/mol. The van der Waals surface area contributed by atoms with Gasteiger partial charge in [-0.25, -0.2) is 0 Å². The van der Waals surface area contributed by atoms with Gasteiger partial charge in [-0.2, -0.15) is 0 Å². The number of nitrogens with one attached hydrogen (secondary N) is 1. The maximum absolute atomic E-state index is 4.73. The van der Waals surface area contributed by atoms with Gasteiger partial charge in [0.2, 0.25) is 0 Å². The molecule has 0 amide bonds. The molecule has 0 radical (unpaired) electrons. The summed E-state index contributed by atoms with van der Waals surface area (Å²) in [6, 6.07) is 1.12. The van der Waals surface area contributed by atoms with E-state index in [0.717, 1.165) is 0 Å². The highest BCUT2D eigenvalue weighted by atomic mass is 32.2. The van der Waals surface area contributed by atoms with Gasteiger partial charge in [0.05, 0.1) is 6.04 Å². The van der Waals surface area contributed by atoms with E-state index in [1.165, 1.54) is 36.9 Å². The summed E-state index contributed by atoms with van der Waals surface area (Å²) in [5.41, 5.74) is 0. The number of rotatable bonds is 1. The first-order chi connectivity index (χ1) is 7.65. The number of hydrogen-bond donors (Lipinski definition) is 1. The highest BCUT2D eigenvalue weighted by Crippen LogP contribution is 2.22. The van der Waals surface area contributed by atoms with Gasteiger partial charge in [0, 0.05) is 11.8 Å². The molecular weight excluding hydrogens is 218 g/mol. The van der Waals surface area contributed by atoms with Gasteiger partial charge in [0.25, 0.3) is 0 Å². The van der Waals surface area contributed by atoms with Crippen molar-refractivity contribution in [3.8, 4) is 0 Å². The summed E-state index contributed by atoms with van der Waals surface area (Å²) in [5.74, 6) is 1.92. The first kappa shape index (κ1) is 12.2. The molecule has 0 spiro atoms. The van der Waals surface area contributed by atoms with Crippen molar-refractivity contribution in [3.05, 3.63) is 0 Å². The minimum Gasteiger partial charge on any atom is -0.362 e. The second-order valence-corrected chi connectivity index (χ2v) is 6.19. The van der Waals surface area contributed by atoms with E-state index in [1.54, 1.807) is 0 Å². The van der Waals surface area contributed by atoms with E-state index in [4.69, 9.17) is 4.99 Å². The van der Waals surface area contributed by atoms with Crippen molar-refractivity contribution >= 4 is 16.9 Å². The molecule has 1 saturated heterocycles. The summed E-state index contributed by atoms with van der Waals surface area (Å²) in [5, 5.41) is 4.80. The maximum Gasteiger partial charge on any atom is 0.157 e. The van der Waals surface area contributed by atoms with Crippen LogP contribution in [0.1, 0.15) is 26.7 Å². The molecule has 2 unspecified atom stereocenters. The lowest BCUT2D eigenvalue weighted by Gasteiger charge is -2.32. The molecule has 2 aliphatic heterocycles. The summed E-state index contributed by atoms with van der Waals surface area (Å²) in [7, 11) is 2.20. The lowest BCUT2D eigenvalue weighted by Crippen LogP contribution is -2.44. The predicted molar refractivity (Wildman–Crippen MR) is 72.2 cm³/mol. The molecule has 0 bridgehead atoms. The second-order valence-electron chi connectivity index (χ2n) is 5.19. The fourth-order valence-corrected chi connectivity index (χ4v) is 3.30. The molecule has 92 valence electrons. The van der Waals surface area contributed by atoms with Crippen molar-refractivity contribution in [2.75, 3.05) is 25.9 Å². The molecule has 0 aromatic heterocycles. The zero-order chi connectivity index (χ0) is 11.5. The molecule has 0 aromatic rings. The fourth-order valence-electron chi connectivity index (χ4n) is 2.11. The minimum atomic E-state index is 0.481. The Hall–Kier alpha value is -0.220. The van der Waals surface area contributed by atoms with Crippen molar-refractivity contribution in [2.45, 2.75) is 38.8 Å². The minimum absolute atomic E-state index is 0.481. The van der Waals surface area contributed by atoms with Gasteiger partial charge in [0.15, 0.2) is 5.17 Å². The summed E-state index contributed by atoms with van der Waals surface area (Å²) < 4.78 is 0. The monoisotopic (exact) mass is 241 g/mol. The third-order valence-corrected chi connectivity index (χ3v) is 4.86. The Labute approximate surface area is 103 Å². The van der Waals surface area contributed by atoms with Gasteiger partial charge in [-0.1, -0.05) is 18.7 Å². The summed E-state index contributed by atoms with van der Waals surface area (Å²) >= 11 is 1.89. The third kappa shape index (κ3) is 3.14. The van der Waals surface area contributed by atoms with Gasteiger partial charge < -0.3 is 10.2 Å². The quantitative estimate of drug-likeness (QED) is 0.758. The summed E-state index contributed by atoms with van der Waals surface area (Å²) in [6.07, 6.45) is 2.50. The molecule has 2 aliphatic rings. The summed E-state index contributed by atoms with van der Waals surface area (Å²) in [6.45, 7) is 6.93. The van der Waals surface area contributed by atoms with Crippen LogP contribution in [0, 0.1) is 5.92 Å². The highest BCUT2D eigenvalue weighted by Gasteiger charge is 2.22. The Morgan fingerprint density at radius 1 is 1.31 bits per heavy atom. The van der Waals surface area contributed by atoms with Crippen molar-refractivity contribution in [2.24, 2.45) is 10.9 Å². The molecule has 1 N–H and O–H groups in total. The highest BCUT2D eigenvalue weighted by molar-refractivity contribution is 8.13. The van der Waals surface area contributed by atoms with E-state index in [-0.39, 0.29) is 0 Å². The number of aliphatic imine (C=N–C) groups is 1. The Kier molecular flexibility index (Phi) is 4.14. The molecule has 16 heavy (non-hydrogen) atoms. The van der Waals surface area contributed by atoms with E-state index >= 15 is 0 Å². The zero-order valence-corrected chi connectivity index (χ0v) is 11.4. The lowest BCUT2D eigenvalue weighted by molar-refractivity contribution is 0.247. The Morgan fingerprint density at radius 2 is 2.00 bits per heavy atom. The number of hydrogen-bond acceptors (Lipinski definition) is 4. The Balaban J connectivity index is 1.83. The molecule has 1 fully saturated rings. The van der Waals surface area contributed by atoms with Gasteiger partial charge in [-0.05, 0) is 45.8 Å². The second kappa shape index (κ2) is 5.41. The molecule has 2 heterocycles. The van der Waals surface area contributed by atoms with E-state index in [2.05, 4.69) is 31.1 Å². The van der Waals surface area contributed by atoms with Crippen LogP contribution < -0.4 is 5.32 Å². The molecular formula is C12H23N3S. The summed E-state index contributed by atoms with van der Waals surface area (Å²) in [4.78, 5) is 7.13. The average Bonchev–Trinajstić information content (AvgIpc) is 2.27. The first-order valence-electron chi connectivity index (χ1n) is 6.31. The lowest BCUT2D eigenvalue weighted by atomic mass is 10.1. The molecule has 0 saturated carbocycles. The molecule has 0 aromatic carbocycles. The SMILES string of the molecule is CC1CSC(NC2CCN(C)CC2)=NC1C. The Bertz CT molecular complexity index is 259. The van der Waals surface area contributed by atoms with Crippen LogP contribution in [-0.4, -0.2) is 48.0 Å². The molecule has 3 nitrogen and oxygen atoms in total. The number of amidine groups is 1. The normalized spacial score (nSPS) is 33.6. The predicted octanol–water partition coefficient (Wildman–Crippen LogP) is 1.80. The van der Waals surface area contributed by atoms with Crippen LogP contribution >= 0.6 is 11.8 Å². The van der Waals surface area contributed by atoms with E-state index in [9.17, 15) is 0 Å². The van der Waals surface area contributed by atoms with Crippen molar-refractivity contribution in [1.29, 1.82) is 0 Å². The van der Waals surface area contributed by atoms with Crippen LogP contribution in [0.2, 0.25) is 0 Å². The van der Waals surface area contributed by atoms with E-state index in [1.807, 2.05) is 11.8 Å². The zero-order valence-electron chi connectivity index (χ0n) is 10.6. The maximum atomic E-state index is 4.73. The largest absolute Gasteiger partial charge is 0.362 e. The Morgan fingerprint density at radius 3 is 2.62 bits per heavy atom. The number of piperidine rings is 1. The molecule has 0 aliphatic carbocycles. The van der Waals surface area contributed by atoms with E-state index < -0.39 is 0 Å². The molecule has 2 atom stereocenters. The van der Waals surface area contributed by atoms with Crippen LogP contribution in [0.5, 0.6) is 0 Å². The van der Waals surface area contributed by atoms with Crippen LogP contribution in [0.4, 0.5) is 0 Å². The van der Waals surface area contributed by atoms with Crippen LogP contribution in [0.15, 0.2) is 4.99 Å². The fraction of sp³-hybridized carbons (Fsp3) is 0.917.